The summed E-state index contributed by atoms with van der Waals surface area (Å²) in [7, 11) is 0. The van der Waals surface area contributed by atoms with Crippen molar-refractivity contribution in [2.75, 3.05) is 32.9 Å². The Labute approximate surface area is 80.1 Å². The number of nitrogens with zero attached hydrogens (tertiary/aromatic N) is 1. The zero-order chi connectivity index (χ0) is 9.90. The molecule has 0 atom stereocenters. The van der Waals surface area contributed by atoms with Crippen molar-refractivity contribution >= 4 is 0 Å². The molecule has 0 bridgehead atoms. The minimum Gasteiger partial charge on any atom is -0.377 e. The summed E-state index contributed by atoms with van der Waals surface area (Å²) >= 11 is 0. The highest BCUT2D eigenvalue weighted by Crippen LogP contribution is 2.29. The number of hydrogen-bond acceptors (Lipinski definition) is 2. The Balaban J connectivity index is 2.02. The van der Waals surface area contributed by atoms with Gasteiger partial charge in [-0.05, 0) is 13.8 Å². The molecule has 0 aromatic rings. The first-order valence-electron chi connectivity index (χ1n) is 4.96. The summed E-state index contributed by atoms with van der Waals surface area (Å²) in [5.41, 5.74) is -0.0716. The molecule has 0 aliphatic carbocycles. The fourth-order valence-electron chi connectivity index (χ4n) is 1.69. The van der Waals surface area contributed by atoms with Crippen LogP contribution >= 0.6 is 0 Å². The van der Waals surface area contributed by atoms with Crippen molar-refractivity contribution in [1.29, 1.82) is 0 Å². The first-order chi connectivity index (χ1) is 6.06. The van der Waals surface area contributed by atoms with Gasteiger partial charge in [0.05, 0.1) is 19.4 Å². The monoisotopic (exact) mass is 189 g/mol. The van der Waals surface area contributed by atoms with Crippen molar-refractivity contribution in [3.8, 4) is 0 Å². The maximum Gasteiger partial charge on any atom is 0.0972 e. The van der Waals surface area contributed by atoms with Crippen molar-refractivity contribution in [2.24, 2.45) is 5.41 Å². The number of likely N-dealkylation sites (tertiary alicyclic amines) is 1. The molecule has 0 aromatic heterocycles. The smallest absolute Gasteiger partial charge is 0.0972 e. The largest absolute Gasteiger partial charge is 0.377 e. The van der Waals surface area contributed by atoms with Gasteiger partial charge in [-0.15, -0.1) is 0 Å². The van der Waals surface area contributed by atoms with Crippen LogP contribution in [0.4, 0.5) is 4.39 Å². The lowest BCUT2D eigenvalue weighted by Crippen LogP contribution is -2.56. The topological polar surface area (TPSA) is 12.5 Å². The van der Waals surface area contributed by atoms with Crippen LogP contribution in [0.5, 0.6) is 0 Å². The summed E-state index contributed by atoms with van der Waals surface area (Å²) in [5, 5.41) is 0. The van der Waals surface area contributed by atoms with E-state index in [2.05, 4.69) is 4.90 Å². The molecule has 78 valence electrons. The molecule has 0 spiro atoms. The summed E-state index contributed by atoms with van der Waals surface area (Å²) < 4.78 is 17.8. The normalized spacial score (nSPS) is 21.9. The molecule has 0 saturated carbocycles. The van der Waals surface area contributed by atoms with E-state index in [9.17, 15) is 4.39 Å². The third-order valence-electron chi connectivity index (χ3n) is 2.39. The van der Waals surface area contributed by atoms with E-state index in [1.54, 1.807) is 0 Å². The Morgan fingerprint density at radius 1 is 1.46 bits per heavy atom. The molecule has 2 nitrogen and oxygen atoms in total. The molecule has 1 fully saturated rings. The molecule has 3 heteroatoms. The predicted octanol–water partition coefficient (Wildman–Crippen LogP) is 1.70. The number of rotatable bonds is 5. The SMILES string of the molecule is CC(C)OCCN1CC(C)(CF)C1. The van der Waals surface area contributed by atoms with Gasteiger partial charge in [-0.3, -0.25) is 9.29 Å². The average molecular weight is 189 g/mol. The second kappa shape index (κ2) is 4.38. The van der Waals surface area contributed by atoms with E-state index in [1.807, 2.05) is 20.8 Å². The maximum atomic E-state index is 12.4. The van der Waals surface area contributed by atoms with E-state index in [0.29, 0.717) is 6.10 Å². The van der Waals surface area contributed by atoms with Crippen molar-refractivity contribution < 1.29 is 9.13 Å². The van der Waals surface area contributed by atoms with E-state index >= 15 is 0 Å². The summed E-state index contributed by atoms with van der Waals surface area (Å²) in [4.78, 5) is 2.24. The third-order valence-corrected chi connectivity index (χ3v) is 2.39. The average Bonchev–Trinajstić information content (AvgIpc) is 2.00. The molecular weight excluding hydrogens is 169 g/mol. The molecule has 0 unspecified atom stereocenters. The second-order valence-corrected chi connectivity index (χ2v) is 4.57. The second-order valence-electron chi connectivity index (χ2n) is 4.57. The number of halogens is 1. The number of hydrogen-bond donors (Lipinski definition) is 0. The van der Waals surface area contributed by atoms with E-state index in [4.69, 9.17) is 4.74 Å². The van der Waals surface area contributed by atoms with E-state index in [0.717, 1.165) is 26.2 Å². The molecule has 1 rings (SSSR count). The van der Waals surface area contributed by atoms with Crippen LogP contribution in [0.1, 0.15) is 20.8 Å². The van der Waals surface area contributed by atoms with Gasteiger partial charge in [0.2, 0.25) is 0 Å². The fourth-order valence-corrected chi connectivity index (χ4v) is 1.69. The summed E-state index contributed by atoms with van der Waals surface area (Å²) in [5.74, 6) is 0. The molecule has 1 saturated heterocycles. The third kappa shape index (κ3) is 3.24. The van der Waals surface area contributed by atoms with Gasteiger partial charge in [0.1, 0.15) is 0 Å². The van der Waals surface area contributed by atoms with Crippen LogP contribution in [-0.4, -0.2) is 43.9 Å². The standard InChI is InChI=1S/C10H20FNO/c1-9(2)13-5-4-12-7-10(3,6-11)8-12/h9H,4-8H2,1-3H3. The zero-order valence-electron chi connectivity index (χ0n) is 8.85. The van der Waals surface area contributed by atoms with Gasteiger partial charge in [-0.1, -0.05) is 6.92 Å². The zero-order valence-corrected chi connectivity index (χ0v) is 8.85. The number of ether oxygens (including phenoxy) is 1. The molecule has 1 aliphatic heterocycles. The van der Waals surface area contributed by atoms with Crippen LogP contribution in [0, 0.1) is 5.41 Å². The van der Waals surface area contributed by atoms with Crippen LogP contribution in [0.15, 0.2) is 0 Å². The van der Waals surface area contributed by atoms with E-state index in [1.165, 1.54) is 0 Å². The van der Waals surface area contributed by atoms with Gasteiger partial charge in [-0.25, -0.2) is 0 Å². The van der Waals surface area contributed by atoms with E-state index < -0.39 is 0 Å². The van der Waals surface area contributed by atoms with Gasteiger partial charge >= 0.3 is 0 Å². The van der Waals surface area contributed by atoms with E-state index in [-0.39, 0.29) is 12.1 Å². The summed E-state index contributed by atoms with van der Waals surface area (Å²) in [6, 6.07) is 0. The van der Waals surface area contributed by atoms with Gasteiger partial charge in [-0.2, -0.15) is 0 Å². The highest BCUT2D eigenvalue weighted by Gasteiger charge is 2.38. The predicted molar refractivity (Wildman–Crippen MR) is 51.6 cm³/mol. The maximum absolute atomic E-state index is 12.4. The Bertz CT molecular complexity index is 155. The van der Waals surface area contributed by atoms with Gasteiger partial charge in [0, 0.05) is 25.0 Å². The first kappa shape index (κ1) is 10.9. The molecule has 0 aromatic carbocycles. The molecule has 1 aliphatic rings. The van der Waals surface area contributed by atoms with Crippen LogP contribution in [-0.2, 0) is 4.74 Å². The van der Waals surface area contributed by atoms with Crippen molar-refractivity contribution in [3.63, 3.8) is 0 Å². The van der Waals surface area contributed by atoms with Crippen molar-refractivity contribution in [2.45, 2.75) is 26.9 Å². The summed E-state index contributed by atoms with van der Waals surface area (Å²) in [6.07, 6.45) is 0.300. The first-order valence-corrected chi connectivity index (χ1v) is 4.96. The van der Waals surface area contributed by atoms with Crippen LogP contribution < -0.4 is 0 Å². The highest BCUT2D eigenvalue weighted by atomic mass is 19.1. The Morgan fingerprint density at radius 3 is 2.54 bits per heavy atom. The quantitative estimate of drug-likeness (QED) is 0.652. The minimum absolute atomic E-state index is 0.0716. The molecule has 0 amide bonds. The molecule has 13 heavy (non-hydrogen) atoms. The van der Waals surface area contributed by atoms with Crippen molar-refractivity contribution in [1.82, 2.24) is 4.90 Å². The number of alkyl halides is 1. The lowest BCUT2D eigenvalue weighted by atomic mass is 9.83. The molecule has 1 heterocycles. The lowest BCUT2D eigenvalue weighted by molar-refractivity contribution is -0.0290. The Kier molecular flexibility index (Phi) is 3.68. The summed E-state index contributed by atoms with van der Waals surface area (Å²) in [6.45, 7) is 9.31. The van der Waals surface area contributed by atoms with Crippen molar-refractivity contribution in [3.05, 3.63) is 0 Å². The van der Waals surface area contributed by atoms with Gasteiger partial charge in [0.15, 0.2) is 0 Å². The molecular formula is C10H20FNO. The van der Waals surface area contributed by atoms with Crippen LogP contribution in [0.2, 0.25) is 0 Å². The molecule has 0 radical (unpaired) electrons. The fraction of sp³-hybridized carbons (Fsp3) is 1.00. The van der Waals surface area contributed by atoms with Crippen LogP contribution in [0.3, 0.4) is 0 Å². The highest BCUT2D eigenvalue weighted by molar-refractivity contribution is 4.90. The Hall–Kier alpha value is -0.150. The minimum atomic E-state index is -0.200. The lowest BCUT2D eigenvalue weighted by Gasteiger charge is -2.46. The molecule has 0 N–H and O–H groups in total. The Morgan fingerprint density at radius 2 is 2.08 bits per heavy atom. The van der Waals surface area contributed by atoms with Gasteiger partial charge in [0.25, 0.3) is 0 Å². The van der Waals surface area contributed by atoms with Gasteiger partial charge < -0.3 is 4.74 Å². The van der Waals surface area contributed by atoms with Crippen LogP contribution in [0.25, 0.3) is 0 Å².